The van der Waals surface area contributed by atoms with Gasteiger partial charge in [0, 0.05) is 6.04 Å². The zero-order chi connectivity index (χ0) is 18.9. The van der Waals surface area contributed by atoms with Gasteiger partial charge in [-0.15, -0.1) is 0 Å². The zero-order valence-corrected chi connectivity index (χ0v) is 15.0. The number of amides is 4. The second-order valence-electron chi connectivity index (χ2n) is 7.64. The molecule has 0 spiro atoms. The molecule has 26 heavy (non-hydrogen) atoms. The molecule has 2 atom stereocenters. The van der Waals surface area contributed by atoms with Gasteiger partial charge < -0.3 is 10.6 Å². The molecule has 1 aliphatic carbocycles. The van der Waals surface area contributed by atoms with E-state index < -0.39 is 17.5 Å². The Bertz CT molecular complexity index is 717. The van der Waals surface area contributed by atoms with E-state index in [9.17, 15) is 18.8 Å². The molecular weight excluding hydrogens is 337 g/mol. The number of rotatable bonds is 5. The molecule has 3 rings (SSSR count). The van der Waals surface area contributed by atoms with Gasteiger partial charge in [-0.1, -0.05) is 18.6 Å². The van der Waals surface area contributed by atoms with Gasteiger partial charge in [-0.2, -0.15) is 0 Å². The molecule has 0 bridgehead atoms. The number of hydrogen-bond acceptors (Lipinski definition) is 3. The van der Waals surface area contributed by atoms with E-state index in [2.05, 4.69) is 10.6 Å². The summed E-state index contributed by atoms with van der Waals surface area (Å²) in [7, 11) is 0. The van der Waals surface area contributed by atoms with Crippen molar-refractivity contribution in [2.45, 2.75) is 51.1 Å². The van der Waals surface area contributed by atoms with E-state index in [-0.39, 0.29) is 30.2 Å². The van der Waals surface area contributed by atoms with E-state index >= 15 is 0 Å². The largest absolute Gasteiger partial charge is 0.352 e. The minimum Gasteiger partial charge on any atom is -0.352 e. The highest BCUT2D eigenvalue weighted by Gasteiger charge is 2.45. The molecule has 2 fully saturated rings. The number of hydrogen-bond donors (Lipinski definition) is 2. The van der Waals surface area contributed by atoms with Crippen LogP contribution in [0.2, 0.25) is 0 Å². The molecule has 1 aromatic carbocycles. The van der Waals surface area contributed by atoms with Crippen molar-refractivity contribution >= 4 is 17.8 Å². The molecule has 0 unspecified atom stereocenters. The summed E-state index contributed by atoms with van der Waals surface area (Å²) >= 11 is 0. The van der Waals surface area contributed by atoms with E-state index in [1.54, 1.807) is 26.0 Å². The number of nitrogens with one attached hydrogen (secondary N) is 2. The Morgan fingerprint density at radius 1 is 1.27 bits per heavy atom. The predicted molar refractivity (Wildman–Crippen MR) is 93.7 cm³/mol. The highest BCUT2D eigenvalue weighted by atomic mass is 19.1. The van der Waals surface area contributed by atoms with Crippen LogP contribution in [0.5, 0.6) is 0 Å². The highest BCUT2D eigenvalue weighted by Crippen LogP contribution is 2.29. The normalized spacial score (nSPS) is 24.7. The average molecular weight is 361 g/mol. The Kier molecular flexibility index (Phi) is 4.98. The molecule has 2 aliphatic rings. The monoisotopic (exact) mass is 361 g/mol. The standard InChI is InChI=1S/C19H24FN3O3/c1-19(2)17(25)23(18(26)22-19)11-16(24)21-15-5-3-4-13(15)10-12-6-8-14(20)9-7-12/h6-9,13,15H,3-5,10-11H2,1-2H3,(H,21,24)(H,22,26)/t13-,15-/m0/s1. The maximum Gasteiger partial charge on any atom is 0.325 e. The van der Waals surface area contributed by atoms with E-state index in [4.69, 9.17) is 0 Å². The topological polar surface area (TPSA) is 78.5 Å². The number of benzene rings is 1. The lowest BCUT2D eigenvalue weighted by atomic mass is 9.94. The average Bonchev–Trinajstić information content (AvgIpc) is 3.07. The van der Waals surface area contributed by atoms with Crippen molar-refractivity contribution in [1.82, 2.24) is 15.5 Å². The van der Waals surface area contributed by atoms with Crippen LogP contribution >= 0.6 is 0 Å². The highest BCUT2D eigenvalue weighted by molar-refractivity contribution is 6.08. The van der Waals surface area contributed by atoms with Crippen LogP contribution < -0.4 is 10.6 Å². The third-order valence-electron chi connectivity index (χ3n) is 5.16. The summed E-state index contributed by atoms with van der Waals surface area (Å²) in [5.41, 5.74) is 0.0592. The summed E-state index contributed by atoms with van der Waals surface area (Å²) in [4.78, 5) is 37.4. The molecule has 0 radical (unpaired) electrons. The van der Waals surface area contributed by atoms with E-state index in [0.717, 1.165) is 36.1 Å². The summed E-state index contributed by atoms with van der Waals surface area (Å²) in [6.45, 7) is 2.95. The van der Waals surface area contributed by atoms with Crippen molar-refractivity contribution in [3.63, 3.8) is 0 Å². The van der Waals surface area contributed by atoms with Crippen LogP contribution in [0, 0.1) is 11.7 Å². The van der Waals surface area contributed by atoms with Gasteiger partial charge in [-0.3, -0.25) is 14.5 Å². The minimum absolute atomic E-state index is 0.00123. The summed E-state index contributed by atoms with van der Waals surface area (Å²) in [6, 6.07) is 5.88. The molecule has 7 heteroatoms. The smallest absolute Gasteiger partial charge is 0.325 e. The maximum absolute atomic E-state index is 13.0. The third-order valence-corrected chi connectivity index (χ3v) is 5.16. The first kappa shape index (κ1) is 18.4. The Balaban J connectivity index is 1.57. The fourth-order valence-corrected chi connectivity index (χ4v) is 3.75. The van der Waals surface area contributed by atoms with Crippen LogP contribution in [0.4, 0.5) is 9.18 Å². The number of halogens is 1. The predicted octanol–water partition coefficient (Wildman–Crippen LogP) is 1.98. The Hall–Kier alpha value is -2.44. The summed E-state index contributed by atoms with van der Waals surface area (Å²) in [5, 5.41) is 5.53. The fraction of sp³-hybridized carbons (Fsp3) is 0.526. The molecule has 1 aliphatic heterocycles. The summed E-state index contributed by atoms with van der Waals surface area (Å²) < 4.78 is 13.0. The van der Waals surface area contributed by atoms with Crippen molar-refractivity contribution in [3.8, 4) is 0 Å². The quantitative estimate of drug-likeness (QED) is 0.787. The first-order valence-corrected chi connectivity index (χ1v) is 8.94. The molecule has 140 valence electrons. The van der Waals surface area contributed by atoms with Gasteiger partial charge in [-0.05, 0) is 56.7 Å². The van der Waals surface area contributed by atoms with Crippen LogP contribution in [-0.2, 0) is 16.0 Å². The van der Waals surface area contributed by atoms with Gasteiger partial charge in [0.15, 0.2) is 0 Å². The van der Waals surface area contributed by atoms with Gasteiger partial charge in [0.05, 0.1) is 0 Å². The molecule has 1 saturated carbocycles. The molecule has 6 nitrogen and oxygen atoms in total. The zero-order valence-electron chi connectivity index (χ0n) is 15.0. The summed E-state index contributed by atoms with van der Waals surface area (Å²) in [5.74, 6) is -0.723. The Morgan fingerprint density at radius 2 is 1.96 bits per heavy atom. The second kappa shape index (κ2) is 7.05. The van der Waals surface area contributed by atoms with E-state index in [0.29, 0.717) is 0 Å². The molecule has 4 amide bonds. The molecule has 1 aromatic rings. The first-order valence-electron chi connectivity index (χ1n) is 8.94. The molecule has 2 N–H and O–H groups in total. The van der Waals surface area contributed by atoms with Crippen LogP contribution in [-0.4, -0.2) is 40.9 Å². The van der Waals surface area contributed by atoms with Crippen LogP contribution in [0.3, 0.4) is 0 Å². The third kappa shape index (κ3) is 3.86. The number of carbonyl (C=O) groups excluding carboxylic acids is 3. The van der Waals surface area contributed by atoms with Gasteiger partial charge >= 0.3 is 6.03 Å². The Morgan fingerprint density at radius 3 is 2.58 bits per heavy atom. The van der Waals surface area contributed by atoms with Crippen molar-refractivity contribution in [2.75, 3.05) is 6.54 Å². The Labute approximate surface area is 152 Å². The van der Waals surface area contributed by atoms with Gasteiger partial charge in [0.2, 0.25) is 5.91 Å². The van der Waals surface area contributed by atoms with Crippen molar-refractivity contribution < 1.29 is 18.8 Å². The van der Waals surface area contributed by atoms with Crippen molar-refractivity contribution in [2.24, 2.45) is 5.92 Å². The molecular formula is C19H24FN3O3. The lowest BCUT2D eigenvalue weighted by molar-refractivity contribution is -0.134. The molecule has 1 heterocycles. The molecule has 0 aromatic heterocycles. The molecule has 1 saturated heterocycles. The SMILES string of the molecule is CC1(C)NC(=O)N(CC(=O)N[C@H]2CCC[C@H]2Cc2ccc(F)cc2)C1=O. The van der Waals surface area contributed by atoms with E-state index in [1.807, 2.05) is 0 Å². The minimum atomic E-state index is -0.976. The summed E-state index contributed by atoms with van der Waals surface area (Å²) in [6.07, 6.45) is 3.62. The van der Waals surface area contributed by atoms with E-state index in [1.165, 1.54) is 12.1 Å². The fourth-order valence-electron chi connectivity index (χ4n) is 3.75. The van der Waals surface area contributed by atoms with Gasteiger partial charge in [-0.25, -0.2) is 9.18 Å². The van der Waals surface area contributed by atoms with Crippen LogP contribution in [0.1, 0.15) is 38.7 Å². The second-order valence-corrected chi connectivity index (χ2v) is 7.64. The van der Waals surface area contributed by atoms with Crippen LogP contribution in [0.15, 0.2) is 24.3 Å². The number of urea groups is 1. The van der Waals surface area contributed by atoms with Gasteiger partial charge in [0.1, 0.15) is 17.9 Å². The van der Waals surface area contributed by atoms with Crippen molar-refractivity contribution in [1.29, 1.82) is 0 Å². The van der Waals surface area contributed by atoms with Crippen LogP contribution in [0.25, 0.3) is 0 Å². The van der Waals surface area contributed by atoms with Crippen molar-refractivity contribution in [3.05, 3.63) is 35.6 Å². The maximum atomic E-state index is 13.0. The number of nitrogens with zero attached hydrogens (tertiary/aromatic N) is 1. The number of imide groups is 1. The lowest BCUT2D eigenvalue weighted by Gasteiger charge is -2.22. The number of carbonyl (C=O) groups is 3. The first-order chi connectivity index (χ1) is 12.3. The van der Waals surface area contributed by atoms with Gasteiger partial charge in [0.25, 0.3) is 5.91 Å². The lowest BCUT2D eigenvalue weighted by Crippen LogP contribution is -2.46.